The average Bonchev–Trinajstić information content (AvgIpc) is 3.42. The van der Waals surface area contributed by atoms with Crippen molar-refractivity contribution in [3.63, 3.8) is 0 Å². The van der Waals surface area contributed by atoms with E-state index >= 15 is 0 Å². The van der Waals surface area contributed by atoms with Gasteiger partial charge in [0, 0.05) is 17.7 Å². The molecule has 0 aliphatic carbocycles. The lowest BCUT2D eigenvalue weighted by atomic mass is 10.0. The molecule has 1 unspecified atom stereocenters. The molecule has 1 aromatic heterocycles. The zero-order chi connectivity index (χ0) is 19.6. The molecule has 0 fully saturated rings. The average molecular weight is 382 g/mol. The van der Waals surface area contributed by atoms with Crippen molar-refractivity contribution in [2.75, 3.05) is 5.32 Å². The van der Waals surface area contributed by atoms with Crippen LogP contribution in [0.3, 0.4) is 0 Å². The van der Waals surface area contributed by atoms with Crippen molar-refractivity contribution in [1.29, 1.82) is 0 Å². The molecule has 1 aliphatic rings. The van der Waals surface area contributed by atoms with Crippen molar-refractivity contribution in [2.45, 2.75) is 12.5 Å². The minimum absolute atomic E-state index is 0.212. The first-order chi connectivity index (χ1) is 14.3. The van der Waals surface area contributed by atoms with Crippen LogP contribution in [0.5, 0.6) is 0 Å². The molecule has 0 spiro atoms. The van der Waals surface area contributed by atoms with Crippen molar-refractivity contribution < 1.29 is 9.63 Å². The Bertz CT molecular complexity index is 1160. The molecule has 3 aromatic carbocycles. The highest BCUT2D eigenvalue weighted by Gasteiger charge is 2.28. The molecule has 29 heavy (non-hydrogen) atoms. The summed E-state index contributed by atoms with van der Waals surface area (Å²) in [5, 5.41) is 6.96. The Morgan fingerprint density at radius 2 is 1.69 bits per heavy atom. The second-order valence-electron chi connectivity index (χ2n) is 6.87. The number of H-pyrrole nitrogens is 1. The van der Waals surface area contributed by atoms with Gasteiger partial charge in [-0.25, -0.2) is 4.98 Å². The number of carbonyl (C=O) groups is 1. The third-order valence-electron chi connectivity index (χ3n) is 4.88. The lowest BCUT2D eigenvalue weighted by molar-refractivity contribution is -0.125. The number of hydrogen-bond donors (Lipinski definition) is 2. The molecule has 0 radical (unpaired) electrons. The summed E-state index contributed by atoms with van der Waals surface area (Å²) < 4.78 is 0. The molecule has 2 N–H and O–H groups in total. The zero-order valence-electron chi connectivity index (χ0n) is 15.5. The van der Waals surface area contributed by atoms with Crippen LogP contribution in [0, 0.1) is 0 Å². The minimum atomic E-state index is -0.625. The smallest absolute Gasteiger partial charge is 0.268 e. The van der Waals surface area contributed by atoms with Gasteiger partial charge in [-0.1, -0.05) is 47.6 Å². The normalized spacial score (nSPS) is 15.7. The number of benzene rings is 3. The number of aromatic nitrogens is 2. The van der Waals surface area contributed by atoms with Gasteiger partial charge in [-0.2, -0.15) is 0 Å². The fourth-order valence-electron chi connectivity index (χ4n) is 3.34. The van der Waals surface area contributed by atoms with E-state index in [-0.39, 0.29) is 5.91 Å². The van der Waals surface area contributed by atoms with Gasteiger partial charge in [0.2, 0.25) is 6.10 Å². The molecule has 1 atom stereocenters. The largest absolute Gasteiger partial charge is 0.382 e. The number of rotatable bonds is 4. The van der Waals surface area contributed by atoms with Crippen molar-refractivity contribution in [2.24, 2.45) is 5.16 Å². The summed E-state index contributed by atoms with van der Waals surface area (Å²) in [6.07, 6.45) is -0.173. The summed E-state index contributed by atoms with van der Waals surface area (Å²) in [5.74, 6) is 0.584. The Kier molecular flexibility index (Phi) is 4.29. The first-order valence-electron chi connectivity index (χ1n) is 9.40. The number of oxime groups is 1. The standard InChI is InChI=1S/C23H18N4O2/c28-23(21-14-20(27-29-21)15-6-2-1-3-7-15)24-17-12-10-16(11-13-17)22-25-18-8-4-5-9-19(18)26-22/h1-13,21H,14H2,(H,24,28)(H,25,26). The van der Waals surface area contributed by atoms with Gasteiger partial charge in [0.25, 0.3) is 5.91 Å². The van der Waals surface area contributed by atoms with E-state index in [4.69, 9.17) is 4.84 Å². The number of nitrogens with one attached hydrogen (secondary N) is 2. The Morgan fingerprint density at radius 1 is 0.931 bits per heavy atom. The number of imidazole rings is 1. The van der Waals surface area contributed by atoms with E-state index in [1.54, 1.807) is 0 Å². The molecule has 142 valence electrons. The van der Waals surface area contributed by atoms with Gasteiger partial charge in [0.1, 0.15) is 5.82 Å². The SMILES string of the molecule is O=C(Nc1ccc(-c2nc3ccccc3[nH]2)cc1)C1CC(c2ccccc2)=NO1. The maximum Gasteiger partial charge on any atom is 0.268 e. The molecule has 0 saturated heterocycles. The summed E-state index contributed by atoms with van der Waals surface area (Å²) >= 11 is 0. The number of hydrogen-bond acceptors (Lipinski definition) is 4. The van der Waals surface area contributed by atoms with E-state index in [1.807, 2.05) is 78.9 Å². The Balaban J connectivity index is 1.25. The topological polar surface area (TPSA) is 79.4 Å². The maximum atomic E-state index is 12.5. The number of carbonyl (C=O) groups excluding carboxylic acids is 1. The third kappa shape index (κ3) is 3.48. The number of fused-ring (bicyclic) bond motifs is 1. The first-order valence-corrected chi connectivity index (χ1v) is 9.40. The van der Waals surface area contributed by atoms with Crippen LogP contribution in [0.2, 0.25) is 0 Å². The molecule has 0 bridgehead atoms. The van der Waals surface area contributed by atoms with E-state index < -0.39 is 6.10 Å². The van der Waals surface area contributed by atoms with Gasteiger partial charge < -0.3 is 15.1 Å². The minimum Gasteiger partial charge on any atom is -0.382 e. The highest BCUT2D eigenvalue weighted by molar-refractivity contribution is 6.06. The molecule has 4 aromatic rings. The monoisotopic (exact) mass is 382 g/mol. The molecule has 6 heteroatoms. The fraction of sp³-hybridized carbons (Fsp3) is 0.0870. The molecule has 2 heterocycles. The molecular weight excluding hydrogens is 364 g/mol. The van der Waals surface area contributed by atoms with Crippen LogP contribution in [0.25, 0.3) is 22.4 Å². The molecule has 0 saturated carbocycles. The molecule has 6 nitrogen and oxygen atoms in total. The summed E-state index contributed by atoms with van der Waals surface area (Å²) in [6.45, 7) is 0. The second-order valence-corrected chi connectivity index (χ2v) is 6.87. The number of anilines is 1. The summed E-state index contributed by atoms with van der Waals surface area (Å²) in [5.41, 5.74) is 5.32. The van der Waals surface area contributed by atoms with Crippen LogP contribution in [0.1, 0.15) is 12.0 Å². The van der Waals surface area contributed by atoms with Crippen molar-refractivity contribution in [1.82, 2.24) is 9.97 Å². The second kappa shape index (κ2) is 7.24. The first kappa shape index (κ1) is 17.2. The van der Waals surface area contributed by atoms with Gasteiger partial charge in [0.05, 0.1) is 16.7 Å². The zero-order valence-corrected chi connectivity index (χ0v) is 15.5. The predicted molar refractivity (Wildman–Crippen MR) is 113 cm³/mol. The van der Waals surface area contributed by atoms with Crippen LogP contribution in [0.15, 0.2) is 84.0 Å². The maximum absolute atomic E-state index is 12.5. The highest BCUT2D eigenvalue weighted by atomic mass is 16.6. The van der Waals surface area contributed by atoms with E-state index in [2.05, 4.69) is 20.4 Å². The van der Waals surface area contributed by atoms with Crippen LogP contribution in [-0.2, 0) is 9.63 Å². The summed E-state index contributed by atoms with van der Waals surface area (Å²) in [4.78, 5) is 25.8. The van der Waals surface area contributed by atoms with Gasteiger partial charge in [-0.15, -0.1) is 0 Å². The molecular formula is C23H18N4O2. The third-order valence-corrected chi connectivity index (χ3v) is 4.88. The number of aromatic amines is 1. The van der Waals surface area contributed by atoms with Crippen LogP contribution < -0.4 is 5.32 Å². The summed E-state index contributed by atoms with van der Waals surface area (Å²) in [7, 11) is 0. The highest BCUT2D eigenvalue weighted by Crippen LogP contribution is 2.23. The van der Waals surface area contributed by atoms with E-state index in [1.165, 1.54) is 0 Å². The van der Waals surface area contributed by atoms with Gasteiger partial charge in [-0.05, 0) is 42.0 Å². The Morgan fingerprint density at radius 3 is 2.48 bits per heavy atom. The summed E-state index contributed by atoms with van der Waals surface area (Å²) in [6, 6.07) is 25.2. The number of nitrogens with zero attached hydrogens (tertiary/aromatic N) is 2. The van der Waals surface area contributed by atoms with E-state index in [9.17, 15) is 4.79 Å². The van der Waals surface area contributed by atoms with Crippen LogP contribution >= 0.6 is 0 Å². The van der Waals surface area contributed by atoms with E-state index in [0.717, 1.165) is 33.7 Å². The lowest BCUT2D eigenvalue weighted by Crippen LogP contribution is -2.28. The number of amides is 1. The van der Waals surface area contributed by atoms with E-state index in [0.29, 0.717) is 12.1 Å². The molecule has 1 amide bonds. The quantitative estimate of drug-likeness (QED) is 0.550. The van der Waals surface area contributed by atoms with Gasteiger partial charge in [-0.3, -0.25) is 4.79 Å². The lowest BCUT2D eigenvalue weighted by Gasteiger charge is -2.10. The molecule has 5 rings (SSSR count). The Labute approximate surface area is 167 Å². The van der Waals surface area contributed by atoms with Crippen LogP contribution in [-0.4, -0.2) is 27.7 Å². The van der Waals surface area contributed by atoms with Crippen molar-refractivity contribution in [3.8, 4) is 11.4 Å². The van der Waals surface area contributed by atoms with Crippen LogP contribution in [0.4, 0.5) is 5.69 Å². The van der Waals surface area contributed by atoms with Gasteiger partial charge in [0.15, 0.2) is 0 Å². The molecule has 1 aliphatic heterocycles. The van der Waals surface area contributed by atoms with Crippen molar-refractivity contribution >= 4 is 28.3 Å². The van der Waals surface area contributed by atoms with Gasteiger partial charge >= 0.3 is 0 Å². The predicted octanol–water partition coefficient (Wildman–Crippen LogP) is 4.36. The van der Waals surface area contributed by atoms with Crippen molar-refractivity contribution in [3.05, 3.63) is 84.4 Å². The Hall–Kier alpha value is -3.93. The number of para-hydroxylation sites is 2. The fourth-order valence-corrected chi connectivity index (χ4v) is 3.34.